The van der Waals surface area contributed by atoms with E-state index in [1.54, 1.807) is 0 Å². The molecular weight excluding hydrogens is 262 g/mol. The first-order valence-electron chi connectivity index (χ1n) is 8.64. The first kappa shape index (κ1) is 15.0. The van der Waals surface area contributed by atoms with E-state index >= 15 is 0 Å². The third-order valence-electron chi connectivity index (χ3n) is 5.52. The van der Waals surface area contributed by atoms with E-state index in [1.807, 2.05) is 17.9 Å². The van der Waals surface area contributed by atoms with Crippen molar-refractivity contribution in [1.29, 1.82) is 0 Å². The van der Waals surface area contributed by atoms with Crippen LogP contribution in [0.15, 0.2) is 12.3 Å². The third kappa shape index (κ3) is 3.49. The number of nitrogens with zero attached hydrogens (tertiary/aromatic N) is 3. The highest BCUT2D eigenvalue weighted by Gasteiger charge is 2.35. The van der Waals surface area contributed by atoms with Crippen molar-refractivity contribution in [3.8, 4) is 0 Å². The van der Waals surface area contributed by atoms with E-state index in [0.29, 0.717) is 12.0 Å². The Balaban J connectivity index is 1.62. The Kier molecular flexibility index (Phi) is 4.96. The number of hydrogen-bond donors (Lipinski definition) is 1. The molecule has 0 radical (unpaired) electrons. The van der Waals surface area contributed by atoms with Gasteiger partial charge in [0.25, 0.3) is 0 Å². The average molecular weight is 291 g/mol. The standard InChI is InChI=1S/C17H29N3O/c1-19-14(9-11-18-19)10-13-20-12-5-4-7-16(20)15-6-2-3-8-17(15)21/h9,11,15-17,21H,2-8,10,12-13H2,1H3. The second-order valence-corrected chi connectivity index (χ2v) is 6.81. The van der Waals surface area contributed by atoms with E-state index in [1.165, 1.54) is 50.8 Å². The molecule has 0 aromatic carbocycles. The molecule has 1 aromatic rings. The number of hydrogen-bond acceptors (Lipinski definition) is 3. The first-order chi connectivity index (χ1) is 10.3. The molecule has 3 unspecified atom stereocenters. The Morgan fingerprint density at radius 2 is 2.00 bits per heavy atom. The molecule has 0 amide bonds. The molecule has 118 valence electrons. The van der Waals surface area contributed by atoms with Crippen LogP contribution in [-0.2, 0) is 13.5 Å². The van der Waals surface area contributed by atoms with Gasteiger partial charge in [-0.05, 0) is 38.3 Å². The fraction of sp³-hybridized carbons (Fsp3) is 0.824. The van der Waals surface area contributed by atoms with Crippen LogP contribution in [0.4, 0.5) is 0 Å². The van der Waals surface area contributed by atoms with Crippen molar-refractivity contribution in [3.63, 3.8) is 0 Å². The van der Waals surface area contributed by atoms with Gasteiger partial charge in [0.15, 0.2) is 0 Å². The minimum atomic E-state index is -0.0685. The SMILES string of the molecule is Cn1nccc1CCN1CCCCC1C1CCCCC1O. The van der Waals surface area contributed by atoms with E-state index in [4.69, 9.17) is 0 Å². The van der Waals surface area contributed by atoms with Crippen LogP contribution in [0.2, 0.25) is 0 Å². The molecule has 1 aliphatic carbocycles. The van der Waals surface area contributed by atoms with Crippen LogP contribution in [0.25, 0.3) is 0 Å². The predicted molar refractivity (Wildman–Crippen MR) is 84.1 cm³/mol. The van der Waals surface area contributed by atoms with Crippen LogP contribution in [0.5, 0.6) is 0 Å². The highest BCUT2D eigenvalue weighted by Crippen LogP contribution is 2.34. The van der Waals surface area contributed by atoms with E-state index in [0.717, 1.165) is 19.4 Å². The van der Waals surface area contributed by atoms with Crippen LogP contribution >= 0.6 is 0 Å². The van der Waals surface area contributed by atoms with Crippen LogP contribution < -0.4 is 0 Å². The van der Waals surface area contributed by atoms with E-state index in [9.17, 15) is 5.11 Å². The molecular formula is C17H29N3O. The lowest BCUT2D eigenvalue weighted by atomic mass is 9.78. The first-order valence-corrected chi connectivity index (χ1v) is 8.64. The maximum Gasteiger partial charge on any atom is 0.0583 e. The zero-order chi connectivity index (χ0) is 14.7. The van der Waals surface area contributed by atoms with Crippen molar-refractivity contribution in [2.45, 2.75) is 63.5 Å². The summed E-state index contributed by atoms with van der Waals surface area (Å²) >= 11 is 0. The number of rotatable bonds is 4. The molecule has 2 heterocycles. The van der Waals surface area contributed by atoms with Gasteiger partial charge in [-0.2, -0.15) is 5.10 Å². The molecule has 1 saturated heterocycles. The number of aromatic nitrogens is 2. The summed E-state index contributed by atoms with van der Waals surface area (Å²) in [6, 6.07) is 2.72. The quantitative estimate of drug-likeness (QED) is 0.926. The van der Waals surface area contributed by atoms with Gasteiger partial charge in [-0.3, -0.25) is 9.58 Å². The van der Waals surface area contributed by atoms with E-state index in [2.05, 4.69) is 16.1 Å². The highest BCUT2D eigenvalue weighted by atomic mass is 16.3. The van der Waals surface area contributed by atoms with Crippen LogP contribution in [0, 0.1) is 5.92 Å². The fourth-order valence-corrected chi connectivity index (χ4v) is 4.27. The Labute approximate surface area is 128 Å². The molecule has 2 fully saturated rings. The number of aryl methyl sites for hydroxylation is 1. The van der Waals surface area contributed by atoms with Crippen LogP contribution in [0.1, 0.15) is 50.6 Å². The van der Waals surface area contributed by atoms with Crippen molar-refractivity contribution >= 4 is 0 Å². The molecule has 1 saturated carbocycles. The second-order valence-electron chi connectivity index (χ2n) is 6.81. The summed E-state index contributed by atoms with van der Waals surface area (Å²) in [5.41, 5.74) is 1.31. The average Bonchev–Trinajstić information content (AvgIpc) is 2.91. The Hall–Kier alpha value is -0.870. The summed E-state index contributed by atoms with van der Waals surface area (Å²) in [7, 11) is 2.02. The molecule has 21 heavy (non-hydrogen) atoms. The summed E-state index contributed by atoms with van der Waals surface area (Å²) in [5, 5.41) is 14.7. The number of aliphatic hydroxyl groups excluding tert-OH is 1. The van der Waals surface area contributed by atoms with Crippen LogP contribution in [0.3, 0.4) is 0 Å². The number of aliphatic hydroxyl groups is 1. The fourth-order valence-electron chi connectivity index (χ4n) is 4.27. The van der Waals surface area contributed by atoms with Crippen molar-refractivity contribution < 1.29 is 5.11 Å². The van der Waals surface area contributed by atoms with Gasteiger partial charge >= 0.3 is 0 Å². The molecule has 3 atom stereocenters. The van der Waals surface area contributed by atoms with Gasteiger partial charge in [0, 0.05) is 43.9 Å². The zero-order valence-corrected chi connectivity index (χ0v) is 13.2. The van der Waals surface area contributed by atoms with Gasteiger partial charge in [-0.25, -0.2) is 0 Å². The number of piperidine rings is 1. The number of likely N-dealkylation sites (tertiary alicyclic amines) is 1. The van der Waals surface area contributed by atoms with Crippen molar-refractivity contribution in [2.24, 2.45) is 13.0 Å². The van der Waals surface area contributed by atoms with Crippen LogP contribution in [-0.4, -0.2) is 45.0 Å². The summed E-state index contributed by atoms with van der Waals surface area (Å²) < 4.78 is 1.98. The topological polar surface area (TPSA) is 41.3 Å². The minimum Gasteiger partial charge on any atom is -0.393 e. The lowest BCUT2D eigenvalue weighted by molar-refractivity contribution is -0.00522. The molecule has 0 bridgehead atoms. The van der Waals surface area contributed by atoms with Gasteiger partial charge in [0.2, 0.25) is 0 Å². The normalized spacial score (nSPS) is 31.4. The van der Waals surface area contributed by atoms with Gasteiger partial charge in [-0.15, -0.1) is 0 Å². The van der Waals surface area contributed by atoms with Gasteiger partial charge < -0.3 is 5.11 Å². The lowest BCUT2D eigenvalue weighted by Gasteiger charge is -2.43. The molecule has 1 N–H and O–H groups in total. The van der Waals surface area contributed by atoms with E-state index < -0.39 is 0 Å². The molecule has 3 rings (SSSR count). The Morgan fingerprint density at radius 3 is 2.76 bits per heavy atom. The lowest BCUT2D eigenvalue weighted by Crippen LogP contribution is -2.49. The van der Waals surface area contributed by atoms with Crippen molar-refractivity contribution in [2.75, 3.05) is 13.1 Å². The smallest absolute Gasteiger partial charge is 0.0583 e. The molecule has 2 aliphatic rings. The van der Waals surface area contributed by atoms with E-state index in [-0.39, 0.29) is 6.10 Å². The van der Waals surface area contributed by atoms with Gasteiger partial charge in [-0.1, -0.05) is 19.3 Å². The molecule has 4 heteroatoms. The predicted octanol–water partition coefficient (Wildman–Crippen LogP) is 2.37. The molecule has 1 aliphatic heterocycles. The molecule has 0 spiro atoms. The van der Waals surface area contributed by atoms with Crippen molar-refractivity contribution in [3.05, 3.63) is 18.0 Å². The minimum absolute atomic E-state index is 0.0685. The maximum atomic E-state index is 10.4. The monoisotopic (exact) mass is 291 g/mol. The second kappa shape index (κ2) is 6.93. The summed E-state index contributed by atoms with van der Waals surface area (Å²) in [6.45, 7) is 2.30. The summed E-state index contributed by atoms with van der Waals surface area (Å²) in [4.78, 5) is 2.65. The molecule has 1 aromatic heterocycles. The summed E-state index contributed by atoms with van der Waals surface area (Å²) in [5.74, 6) is 0.505. The van der Waals surface area contributed by atoms with Gasteiger partial charge in [0.1, 0.15) is 0 Å². The summed E-state index contributed by atoms with van der Waals surface area (Å²) in [6.07, 6.45) is 11.5. The molecule has 4 nitrogen and oxygen atoms in total. The Morgan fingerprint density at radius 1 is 1.19 bits per heavy atom. The van der Waals surface area contributed by atoms with Gasteiger partial charge in [0.05, 0.1) is 6.10 Å². The Bertz CT molecular complexity index is 445. The maximum absolute atomic E-state index is 10.4. The highest BCUT2D eigenvalue weighted by molar-refractivity contribution is 5.01. The zero-order valence-electron chi connectivity index (χ0n) is 13.2. The van der Waals surface area contributed by atoms with Crippen molar-refractivity contribution in [1.82, 2.24) is 14.7 Å². The third-order valence-corrected chi connectivity index (χ3v) is 5.52. The largest absolute Gasteiger partial charge is 0.393 e.